The first-order valence-corrected chi connectivity index (χ1v) is 7.44. The fraction of sp³-hybridized carbons (Fsp3) is 0.500. The van der Waals surface area contributed by atoms with Crippen LogP contribution in [0.5, 0.6) is 0 Å². The van der Waals surface area contributed by atoms with Gasteiger partial charge in [0.05, 0.1) is 11.1 Å². The van der Waals surface area contributed by atoms with Crippen molar-refractivity contribution in [2.45, 2.75) is 25.1 Å². The number of likely N-dealkylation sites (N-methyl/N-ethyl adjacent to an activating group) is 1. The zero-order valence-corrected chi connectivity index (χ0v) is 13.1. The smallest absolute Gasteiger partial charge is 0.337 e. The lowest BCUT2D eigenvalue weighted by atomic mass is 10.0. The van der Waals surface area contributed by atoms with Crippen molar-refractivity contribution in [3.63, 3.8) is 0 Å². The summed E-state index contributed by atoms with van der Waals surface area (Å²) in [5.41, 5.74) is -0.776. The zero-order chi connectivity index (χ0) is 15.6. The van der Waals surface area contributed by atoms with Gasteiger partial charge in [-0.1, -0.05) is 0 Å². The first-order chi connectivity index (χ1) is 9.80. The minimum Gasteiger partial charge on any atom is -0.337 e. The molecule has 0 bridgehead atoms. The standard InChI is InChI=1S/C14H16BrF3N2O/c1-20(10-3-2-6-19-8-10)13(21)11-7-9(14(16,17)18)4-5-12(11)15/h4-5,7,10,19H,2-3,6,8H2,1H3. The first-order valence-electron chi connectivity index (χ1n) is 6.65. The summed E-state index contributed by atoms with van der Waals surface area (Å²) in [6.45, 7) is 1.57. The van der Waals surface area contributed by atoms with Crippen molar-refractivity contribution in [1.82, 2.24) is 10.2 Å². The normalized spacial score (nSPS) is 19.4. The summed E-state index contributed by atoms with van der Waals surface area (Å²) in [6.07, 6.45) is -2.65. The van der Waals surface area contributed by atoms with Gasteiger partial charge in [0, 0.05) is 24.1 Å². The van der Waals surface area contributed by atoms with E-state index in [4.69, 9.17) is 0 Å². The van der Waals surface area contributed by atoms with Gasteiger partial charge in [-0.25, -0.2) is 0 Å². The van der Waals surface area contributed by atoms with Crippen LogP contribution in [0, 0.1) is 0 Å². The first kappa shape index (κ1) is 16.3. The van der Waals surface area contributed by atoms with Gasteiger partial charge in [-0.15, -0.1) is 0 Å². The Morgan fingerprint density at radius 2 is 2.14 bits per heavy atom. The van der Waals surface area contributed by atoms with Crippen LogP contribution < -0.4 is 5.32 Å². The van der Waals surface area contributed by atoms with Gasteiger partial charge in [-0.2, -0.15) is 13.2 Å². The van der Waals surface area contributed by atoms with E-state index in [-0.39, 0.29) is 11.6 Å². The molecule has 1 atom stereocenters. The van der Waals surface area contributed by atoms with Gasteiger partial charge < -0.3 is 10.2 Å². The minimum atomic E-state index is -4.46. The fourth-order valence-corrected chi connectivity index (χ4v) is 2.80. The number of hydrogen-bond donors (Lipinski definition) is 1. The predicted octanol–water partition coefficient (Wildman–Crippen LogP) is 3.29. The molecule has 1 N–H and O–H groups in total. The van der Waals surface area contributed by atoms with Crippen molar-refractivity contribution in [2.75, 3.05) is 20.1 Å². The number of alkyl halides is 3. The molecule has 1 aromatic rings. The van der Waals surface area contributed by atoms with Gasteiger partial charge in [0.25, 0.3) is 5.91 Å². The van der Waals surface area contributed by atoms with Crippen LogP contribution in [0.2, 0.25) is 0 Å². The Labute approximate surface area is 129 Å². The van der Waals surface area contributed by atoms with Crippen LogP contribution >= 0.6 is 15.9 Å². The maximum absolute atomic E-state index is 12.8. The second-order valence-corrected chi connectivity index (χ2v) is 5.96. The summed E-state index contributed by atoms with van der Waals surface area (Å²) in [6, 6.07) is 3.14. The third-order valence-corrected chi connectivity index (χ3v) is 4.35. The number of rotatable bonds is 2. The predicted molar refractivity (Wildman–Crippen MR) is 77.1 cm³/mol. The number of piperidine rings is 1. The van der Waals surface area contributed by atoms with E-state index >= 15 is 0 Å². The van der Waals surface area contributed by atoms with E-state index in [9.17, 15) is 18.0 Å². The number of amides is 1. The number of halogens is 4. The summed E-state index contributed by atoms with van der Waals surface area (Å²) in [4.78, 5) is 14.0. The van der Waals surface area contributed by atoms with Crippen LogP contribution in [0.15, 0.2) is 22.7 Å². The highest BCUT2D eigenvalue weighted by Gasteiger charge is 2.32. The number of benzene rings is 1. The highest BCUT2D eigenvalue weighted by Crippen LogP contribution is 2.32. The molecule has 21 heavy (non-hydrogen) atoms. The monoisotopic (exact) mass is 364 g/mol. The Kier molecular flexibility index (Phi) is 4.93. The van der Waals surface area contributed by atoms with E-state index < -0.39 is 17.6 Å². The summed E-state index contributed by atoms with van der Waals surface area (Å²) in [5, 5.41) is 3.19. The number of carbonyl (C=O) groups is 1. The van der Waals surface area contributed by atoms with E-state index in [1.807, 2.05) is 0 Å². The molecule has 116 valence electrons. The number of hydrogen-bond acceptors (Lipinski definition) is 2. The Morgan fingerprint density at radius 1 is 1.43 bits per heavy atom. The Bertz CT molecular complexity index is 527. The van der Waals surface area contributed by atoms with Gasteiger partial charge in [0.15, 0.2) is 0 Å². The van der Waals surface area contributed by atoms with Crippen molar-refractivity contribution in [3.8, 4) is 0 Å². The van der Waals surface area contributed by atoms with Crippen molar-refractivity contribution in [2.24, 2.45) is 0 Å². The lowest BCUT2D eigenvalue weighted by Gasteiger charge is -2.32. The van der Waals surface area contributed by atoms with Crippen LogP contribution in [0.3, 0.4) is 0 Å². The molecule has 1 unspecified atom stereocenters. The maximum atomic E-state index is 12.8. The SMILES string of the molecule is CN(C(=O)c1cc(C(F)(F)F)ccc1Br)C1CCCNC1. The molecule has 1 amide bonds. The quantitative estimate of drug-likeness (QED) is 0.873. The van der Waals surface area contributed by atoms with Crippen LogP contribution in [0.4, 0.5) is 13.2 Å². The number of nitrogens with zero attached hydrogens (tertiary/aromatic N) is 1. The molecule has 0 saturated carbocycles. The van der Waals surface area contributed by atoms with Gasteiger partial charge in [-0.05, 0) is 53.5 Å². The molecule has 7 heteroatoms. The zero-order valence-electron chi connectivity index (χ0n) is 11.5. The topological polar surface area (TPSA) is 32.3 Å². The third kappa shape index (κ3) is 3.77. The average Bonchev–Trinajstić information content (AvgIpc) is 2.46. The molecule has 0 aromatic heterocycles. The van der Waals surface area contributed by atoms with E-state index in [0.29, 0.717) is 11.0 Å². The van der Waals surface area contributed by atoms with E-state index in [2.05, 4.69) is 21.2 Å². The Hall–Kier alpha value is -1.08. The van der Waals surface area contributed by atoms with Crippen LogP contribution in [0.1, 0.15) is 28.8 Å². The molecular weight excluding hydrogens is 349 g/mol. The molecule has 1 heterocycles. The van der Waals surface area contributed by atoms with Gasteiger partial charge in [-0.3, -0.25) is 4.79 Å². The fourth-order valence-electron chi connectivity index (χ4n) is 2.39. The Morgan fingerprint density at radius 3 is 2.71 bits per heavy atom. The van der Waals surface area contributed by atoms with Crippen molar-refractivity contribution >= 4 is 21.8 Å². The lowest BCUT2D eigenvalue weighted by molar-refractivity contribution is -0.137. The lowest BCUT2D eigenvalue weighted by Crippen LogP contribution is -2.46. The molecule has 1 aliphatic heterocycles. The highest BCUT2D eigenvalue weighted by molar-refractivity contribution is 9.10. The molecule has 1 aliphatic rings. The van der Waals surface area contributed by atoms with E-state index in [1.54, 1.807) is 7.05 Å². The average molecular weight is 365 g/mol. The third-order valence-electron chi connectivity index (χ3n) is 3.66. The second-order valence-electron chi connectivity index (χ2n) is 5.11. The van der Waals surface area contributed by atoms with Crippen LogP contribution in [0.25, 0.3) is 0 Å². The van der Waals surface area contributed by atoms with Crippen LogP contribution in [-0.2, 0) is 6.18 Å². The van der Waals surface area contributed by atoms with E-state index in [1.165, 1.54) is 11.0 Å². The number of carbonyl (C=O) groups excluding carboxylic acids is 1. The number of nitrogens with one attached hydrogen (secondary N) is 1. The summed E-state index contributed by atoms with van der Waals surface area (Å²) in [5.74, 6) is -0.401. The summed E-state index contributed by atoms with van der Waals surface area (Å²) < 4.78 is 38.7. The summed E-state index contributed by atoms with van der Waals surface area (Å²) >= 11 is 3.16. The van der Waals surface area contributed by atoms with Crippen molar-refractivity contribution < 1.29 is 18.0 Å². The molecule has 0 aliphatic carbocycles. The largest absolute Gasteiger partial charge is 0.416 e. The molecule has 0 radical (unpaired) electrons. The molecule has 1 fully saturated rings. The minimum absolute atomic E-state index is 0.00712. The molecule has 1 aromatic carbocycles. The molecule has 1 saturated heterocycles. The van der Waals surface area contributed by atoms with Crippen LogP contribution in [-0.4, -0.2) is 37.0 Å². The van der Waals surface area contributed by atoms with Crippen molar-refractivity contribution in [3.05, 3.63) is 33.8 Å². The molecule has 3 nitrogen and oxygen atoms in total. The summed E-state index contributed by atoms with van der Waals surface area (Å²) in [7, 11) is 1.63. The van der Waals surface area contributed by atoms with E-state index in [0.717, 1.165) is 31.5 Å². The van der Waals surface area contributed by atoms with Gasteiger partial charge in [0.2, 0.25) is 0 Å². The molecule has 0 spiro atoms. The molecular formula is C14H16BrF3N2O. The maximum Gasteiger partial charge on any atom is 0.416 e. The van der Waals surface area contributed by atoms with Crippen molar-refractivity contribution in [1.29, 1.82) is 0 Å². The molecule has 2 rings (SSSR count). The Balaban J connectivity index is 2.25. The van der Waals surface area contributed by atoms with Gasteiger partial charge >= 0.3 is 6.18 Å². The highest BCUT2D eigenvalue weighted by atomic mass is 79.9. The van der Waals surface area contributed by atoms with Gasteiger partial charge in [0.1, 0.15) is 0 Å². The second kappa shape index (κ2) is 6.36.